The number of carbonyl (C=O) groups excluding carboxylic acids is 1. The number of nitro benzene ring substituents is 1. The van der Waals surface area contributed by atoms with E-state index >= 15 is 0 Å². The summed E-state index contributed by atoms with van der Waals surface area (Å²) in [6.45, 7) is 1.63. The predicted octanol–water partition coefficient (Wildman–Crippen LogP) is 1.45. The Balaban J connectivity index is 3.35. The summed E-state index contributed by atoms with van der Waals surface area (Å²) in [6, 6.07) is 4.81. The van der Waals surface area contributed by atoms with Crippen molar-refractivity contribution < 1.29 is 9.72 Å². The highest BCUT2D eigenvalue weighted by molar-refractivity contribution is 5.75. The van der Waals surface area contributed by atoms with E-state index in [0.717, 1.165) is 0 Å². The molecule has 14 heavy (non-hydrogen) atoms. The van der Waals surface area contributed by atoms with Gasteiger partial charge in [-0.1, -0.05) is 18.1 Å². The maximum absolute atomic E-state index is 10.7. The Bertz CT molecular complexity index is 440. The number of nitro groups is 1. The van der Waals surface area contributed by atoms with E-state index in [4.69, 9.17) is 0 Å². The van der Waals surface area contributed by atoms with Crippen LogP contribution in [0.3, 0.4) is 0 Å². The van der Waals surface area contributed by atoms with Crippen molar-refractivity contribution >= 4 is 12.0 Å². The molecule has 0 bridgehead atoms. The van der Waals surface area contributed by atoms with Crippen molar-refractivity contribution in [3.63, 3.8) is 0 Å². The van der Waals surface area contributed by atoms with Gasteiger partial charge in [-0.15, -0.1) is 0 Å². The molecule has 0 saturated heterocycles. The number of hydrogen-bond donors (Lipinski definition) is 0. The van der Waals surface area contributed by atoms with Gasteiger partial charge >= 0.3 is 0 Å². The molecule has 0 spiro atoms. The minimum Gasteiger partial charge on any atom is -0.289 e. The fraction of sp³-hybridized carbons (Fsp3) is 0.100. The average Bonchev–Trinajstić information content (AvgIpc) is 2.14. The third-order valence-corrected chi connectivity index (χ3v) is 1.69. The third kappa shape index (κ3) is 1.96. The van der Waals surface area contributed by atoms with E-state index in [-0.39, 0.29) is 11.3 Å². The van der Waals surface area contributed by atoms with Gasteiger partial charge in [0, 0.05) is 5.56 Å². The molecule has 1 aromatic carbocycles. The van der Waals surface area contributed by atoms with E-state index in [1.807, 2.05) is 0 Å². The van der Waals surface area contributed by atoms with Crippen LogP contribution in [0, 0.1) is 28.9 Å². The highest BCUT2D eigenvalue weighted by atomic mass is 16.6. The van der Waals surface area contributed by atoms with Crippen LogP contribution in [-0.4, -0.2) is 11.2 Å². The summed E-state index contributed by atoms with van der Waals surface area (Å²) < 4.78 is 0. The van der Waals surface area contributed by atoms with E-state index in [0.29, 0.717) is 11.8 Å². The maximum Gasteiger partial charge on any atom is 0.287 e. The first kappa shape index (κ1) is 9.93. The van der Waals surface area contributed by atoms with Gasteiger partial charge in [-0.05, 0) is 18.9 Å². The van der Waals surface area contributed by atoms with Gasteiger partial charge in [-0.25, -0.2) is 0 Å². The van der Waals surface area contributed by atoms with Gasteiger partial charge in [0.1, 0.15) is 5.56 Å². The zero-order valence-corrected chi connectivity index (χ0v) is 7.48. The first-order chi connectivity index (χ1) is 6.66. The molecule has 4 nitrogen and oxygen atoms in total. The van der Waals surface area contributed by atoms with Crippen LogP contribution in [0.4, 0.5) is 5.69 Å². The number of rotatable bonds is 1. The highest BCUT2D eigenvalue weighted by Gasteiger charge is 2.14. The van der Waals surface area contributed by atoms with E-state index in [9.17, 15) is 14.9 Å². The van der Waals surface area contributed by atoms with Crippen molar-refractivity contribution in [2.75, 3.05) is 0 Å². The summed E-state index contributed by atoms with van der Waals surface area (Å²) in [6.07, 6.45) is 0.409. The minimum atomic E-state index is -0.496. The zero-order chi connectivity index (χ0) is 10.6. The Morgan fingerprint density at radius 2 is 2.21 bits per heavy atom. The topological polar surface area (TPSA) is 60.2 Å². The standard InChI is InChI=1S/C10H7NO3/c1-8-4-2-5-9(6-3-7-12)10(8)11(13)14/h2,4-5,7H,1H3. The van der Waals surface area contributed by atoms with Gasteiger partial charge < -0.3 is 0 Å². The molecule has 0 aliphatic heterocycles. The van der Waals surface area contributed by atoms with Crippen molar-refractivity contribution in [1.82, 2.24) is 0 Å². The van der Waals surface area contributed by atoms with Gasteiger partial charge in [0.2, 0.25) is 0 Å². The lowest BCUT2D eigenvalue weighted by molar-refractivity contribution is -0.385. The van der Waals surface area contributed by atoms with Crippen LogP contribution in [0.5, 0.6) is 0 Å². The van der Waals surface area contributed by atoms with Gasteiger partial charge in [-0.3, -0.25) is 14.9 Å². The van der Waals surface area contributed by atoms with Crippen LogP contribution in [0.15, 0.2) is 18.2 Å². The normalized spacial score (nSPS) is 8.64. The second kappa shape index (κ2) is 4.19. The molecule has 0 radical (unpaired) electrons. The van der Waals surface area contributed by atoms with Crippen molar-refractivity contribution in [3.8, 4) is 11.8 Å². The average molecular weight is 189 g/mol. The maximum atomic E-state index is 10.7. The number of para-hydroxylation sites is 1. The van der Waals surface area contributed by atoms with Crippen LogP contribution in [0.25, 0.3) is 0 Å². The van der Waals surface area contributed by atoms with Crippen molar-refractivity contribution in [3.05, 3.63) is 39.4 Å². The molecular formula is C10H7NO3. The van der Waals surface area contributed by atoms with Gasteiger partial charge in [0.25, 0.3) is 5.69 Å². The number of aldehydes is 1. The van der Waals surface area contributed by atoms with Crippen LogP contribution >= 0.6 is 0 Å². The highest BCUT2D eigenvalue weighted by Crippen LogP contribution is 2.21. The Morgan fingerprint density at radius 3 is 2.79 bits per heavy atom. The first-order valence-electron chi connectivity index (χ1n) is 3.86. The summed E-state index contributed by atoms with van der Waals surface area (Å²) in [5.41, 5.74) is 0.761. The molecule has 0 N–H and O–H groups in total. The molecule has 1 rings (SSSR count). The number of aryl methyl sites for hydroxylation is 1. The van der Waals surface area contributed by atoms with E-state index in [2.05, 4.69) is 11.8 Å². The molecule has 0 atom stereocenters. The molecule has 0 unspecified atom stereocenters. The van der Waals surface area contributed by atoms with Crippen LogP contribution in [0.1, 0.15) is 11.1 Å². The number of hydrogen-bond acceptors (Lipinski definition) is 3. The molecule has 0 fully saturated rings. The third-order valence-electron chi connectivity index (χ3n) is 1.69. The zero-order valence-electron chi connectivity index (χ0n) is 7.48. The van der Waals surface area contributed by atoms with E-state index in [1.54, 1.807) is 19.1 Å². The lowest BCUT2D eigenvalue weighted by atomic mass is 10.1. The smallest absolute Gasteiger partial charge is 0.287 e. The Kier molecular flexibility index (Phi) is 2.97. The second-order valence-corrected chi connectivity index (χ2v) is 2.62. The Labute approximate surface area is 80.7 Å². The lowest BCUT2D eigenvalue weighted by Crippen LogP contribution is -1.95. The number of nitrogens with zero attached hydrogens (tertiary/aromatic N) is 1. The van der Waals surface area contributed by atoms with Crippen LogP contribution in [-0.2, 0) is 4.79 Å². The molecule has 0 aliphatic carbocycles. The molecule has 1 aromatic rings. The minimum absolute atomic E-state index is 0.0400. The molecule has 4 heteroatoms. The van der Waals surface area contributed by atoms with E-state index in [1.165, 1.54) is 6.07 Å². The van der Waals surface area contributed by atoms with Crippen molar-refractivity contribution in [2.24, 2.45) is 0 Å². The number of carbonyl (C=O) groups is 1. The van der Waals surface area contributed by atoms with Crippen LogP contribution in [0.2, 0.25) is 0 Å². The van der Waals surface area contributed by atoms with E-state index < -0.39 is 4.92 Å². The van der Waals surface area contributed by atoms with Gasteiger partial charge in [0.05, 0.1) is 4.92 Å². The fourth-order valence-corrected chi connectivity index (χ4v) is 1.11. The lowest BCUT2D eigenvalue weighted by Gasteiger charge is -1.97. The van der Waals surface area contributed by atoms with Crippen molar-refractivity contribution in [1.29, 1.82) is 0 Å². The summed E-state index contributed by atoms with van der Waals surface area (Å²) in [4.78, 5) is 20.2. The summed E-state index contributed by atoms with van der Waals surface area (Å²) in [5.74, 6) is 4.58. The van der Waals surface area contributed by atoms with Crippen molar-refractivity contribution in [2.45, 2.75) is 6.92 Å². The molecule has 0 aromatic heterocycles. The largest absolute Gasteiger partial charge is 0.289 e. The second-order valence-electron chi connectivity index (χ2n) is 2.62. The SMILES string of the molecule is Cc1cccc(C#CC=O)c1[N+](=O)[O-]. The van der Waals surface area contributed by atoms with Gasteiger partial charge in [0.15, 0.2) is 6.29 Å². The Morgan fingerprint density at radius 1 is 1.50 bits per heavy atom. The van der Waals surface area contributed by atoms with Gasteiger partial charge in [-0.2, -0.15) is 0 Å². The first-order valence-corrected chi connectivity index (χ1v) is 3.86. The molecule has 70 valence electrons. The number of benzene rings is 1. The molecule has 0 saturated carbocycles. The Hall–Kier alpha value is -2.15. The molecular weight excluding hydrogens is 182 g/mol. The summed E-state index contributed by atoms with van der Waals surface area (Å²) in [5, 5.41) is 10.7. The monoisotopic (exact) mass is 189 g/mol. The molecule has 0 heterocycles. The quantitative estimate of drug-likeness (QED) is 0.291. The van der Waals surface area contributed by atoms with Crippen LogP contribution < -0.4 is 0 Å². The molecule has 0 aliphatic rings. The predicted molar refractivity (Wildman–Crippen MR) is 50.8 cm³/mol. The summed E-state index contributed by atoms with van der Waals surface area (Å²) in [7, 11) is 0. The molecule has 0 amide bonds. The fourth-order valence-electron chi connectivity index (χ4n) is 1.11. The summed E-state index contributed by atoms with van der Waals surface area (Å²) >= 11 is 0.